The van der Waals surface area contributed by atoms with Crippen LogP contribution in [0.2, 0.25) is 0 Å². The van der Waals surface area contributed by atoms with E-state index < -0.39 is 25.2 Å². The fourth-order valence-electron chi connectivity index (χ4n) is 1.73. The Kier molecular flexibility index (Phi) is 5.10. The van der Waals surface area contributed by atoms with E-state index in [1.54, 1.807) is 6.07 Å². The fourth-order valence-corrected chi connectivity index (χ4v) is 2.28. The zero-order valence-electron chi connectivity index (χ0n) is 10.8. The molecule has 0 unspecified atom stereocenters. The van der Waals surface area contributed by atoms with E-state index in [1.165, 1.54) is 6.07 Å². The van der Waals surface area contributed by atoms with Crippen LogP contribution in [0.25, 0.3) is 0 Å². The van der Waals surface area contributed by atoms with Crippen molar-refractivity contribution in [3.63, 3.8) is 0 Å². The molecule has 0 saturated heterocycles. The standard InChI is InChI=1S/C13H12BrF3O4/c14-9-5-12-11(20-2-1-3-21-12)4-8(9)10(18)6-19-7-13(15,16)17/h4-5H,1-3,6-7H2. The molecule has 4 nitrogen and oxygen atoms in total. The molecule has 0 saturated carbocycles. The fraction of sp³-hybridized carbons (Fsp3) is 0.462. The van der Waals surface area contributed by atoms with Gasteiger partial charge in [-0.2, -0.15) is 13.2 Å². The van der Waals surface area contributed by atoms with Crippen molar-refractivity contribution in [2.75, 3.05) is 26.4 Å². The molecule has 1 aromatic rings. The molecular formula is C13H12BrF3O4. The van der Waals surface area contributed by atoms with Crippen molar-refractivity contribution >= 4 is 21.7 Å². The summed E-state index contributed by atoms with van der Waals surface area (Å²) in [5.74, 6) is 0.323. The second-order valence-electron chi connectivity index (χ2n) is 4.36. The van der Waals surface area contributed by atoms with Gasteiger partial charge in [-0.1, -0.05) is 0 Å². The lowest BCUT2D eigenvalue weighted by atomic mass is 10.1. The Hall–Kier alpha value is -1.28. The van der Waals surface area contributed by atoms with Gasteiger partial charge < -0.3 is 14.2 Å². The summed E-state index contributed by atoms with van der Waals surface area (Å²) in [6, 6.07) is 3.02. The molecule has 0 aromatic heterocycles. The number of ketones is 1. The first-order chi connectivity index (χ1) is 9.87. The van der Waals surface area contributed by atoms with Crippen LogP contribution >= 0.6 is 15.9 Å². The Balaban J connectivity index is 2.08. The van der Waals surface area contributed by atoms with E-state index in [9.17, 15) is 18.0 Å². The Labute approximate surface area is 127 Å². The van der Waals surface area contributed by atoms with E-state index in [0.717, 1.165) is 0 Å². The minimum atomic E-state index is -4.46. The summed E-state index contributed by atoms with van der Waals surface area (Å²) in [7, 11) is 0. The van der Waals surface area contributed by atoms with E-state index >= 15 is 0 Å². The maximum Gasteiger partial charge on any atom is 0.411 e. The molecule has 0 radical (unpaired) electrons. The molecule has 116 valence electrons. The van der Waals surface area contributed by atoms with E-state index in [4.69, 9.17) is 9.47 Å². The quantitative estimate of drug-likeness (QED) is 0.764. The molecule has 0 amide bonds. The van der Waals surface area contributed by atoms with Crippen LogP contribution in [0, 0.1) is 0 Å². The van der Waals surface area contributed by atoms with E-state index in [-0.39, 0.29) is 5.56 Å². The first kappa shape index (κ1) is 16.1. The summed E-state index contributed by atoms with van der Waals surface area (Å²) < 4.78 is 51.6. The summed E-state index contributed by atoms with van der Waals surface area (Å²) in [5, 5.41) is 0. The molecule has 21 heavy (non-hydrogen) atoms. The number of hydrogen-bond donors (Lipinski definition) is 0. The summed E-state index contributed by atoms with van der Waals surface area (Å²) >= 11 is 3.20. The zero-order valence-corrected chi connectivity index (χ0v) is 12.4. The molecule has 1 aromatic carbocycles. The van der Waals surface area contributed by atoms with Crippen LogP contribution in [-0.2, 0) is 4.74 Å². The monoisotopic (exact) mass is 368 g/mol. The Bertz CT molecular complexity index is 531. The van der Waals surface area contributed by atoms with Crippen molar-refractivity contribution in [3.8, 4) is 11.5 Å². The highest BCUT2D eigenvalue weighted by Gasteiger charge is 2.28. The Morgan fingerprint density at radius 1 is 1.24 bits per heavy atom. The average molecular weight is 369 g/mol. The van der Waals surface area contributed by atoms with Crippen molar-refractivity contribution in [1.82, 2.24) is 0 Å². The highest BCUT2D eigenvalue weighted by Crippen LogP contribution is 2.35. The van der Waals surface area contributed by atoms with Gasteiger partial charge in [0.15, 0.2) is 17.3 Å². The molecule has 0 spiro atoms. The van der Waals surface area contributed by atoms with Gasteiger partial charge in [-0.05, 0) is 28.1 Å². The molecule has 2 rings (SSSR count). The van der Waals surface area contributed by atoms with Crippen LogP contribution in [-0.4, -0.2) is 38.4 Å². The van der Waals surface area contributed by atoms with Gasteiger partial charge in [0.1, 0.15) is 13.2 Å². The lowest BCUT2D eigenvalue weighted by Crippen LogP contribution is -2.20. The third-order valence-corrected chi connectivity index (χ3v) is 3.29. The second kappa shape index (κ2) is 6.65. The lowest BCUT2D eigenvalue weighted by molar-refractivity contribution is -0.170. The van der Waals surface area contributed by atoms with Gasteiger partial charge in [0, 0.05) is 16.5 Å². The van der Waals surface area contributed by atoms with Gasteiger partial charge in [-0.3, -0.25) is 4.79 Å². The number of carbonyl (C=O) groups is 1. The molecule has 0 atom stereocenters. The normalized spacial score (nSPS) is 14.7. The molecule has 0 aliphatic carbocycles. The van der Waals surface area contributed by atoms with Crippen molar-refractivity contribution < 1.29 is 32.2 Å². The van der Waals surface area contributed by atoms with Crippen LogP contribution in [0.15, 0.2) is 16.6 Å². The highest BCUT2D eigenvalue weighted by atomic mass is 79.9. The summed E-state index contributed by atoms with van der Waals surface area (Å²) in [4.78, 5) is 11.9. The molecule has 0 fully saturated rings. The van der Waals surface area contributed by atoms with E-state index in [1.807, 2.05) is 0 Å². The Morgan fingerprint density at radius 2 is 1.86 bits per heavy atom. The number of hydrogen-bond acceptors (Lipinski definition) is 4. The van der Waals surface area contributed by atoms with Gasteiger partial charge in [0.05, 0.1) is 13.2 Å². The van der Waals surface area contributed by atoms with Gasteiger partial charge in [-0.15, -0.1) is 0 Å². The third kappa shape index (κ3) is 4.60. The van der Waals surface area contributed by atoms with E-state index in [2.05, 4.69) is 20.7 Å². The maximum absolute atomic E-state index is 12.0. The Morgan fingerprint density at radius 3 is 2.48 bits per heavy atom. The summed E-state index contributed by atoms with van der Waals surface area (Å²) in [6.07, 6.45) is -3.74. The van der Waals surface area contributed by atoms with Gasteiger partial charge in [-0.25, -0.2) is 0 Å². The zero-order chi connectivity index (χ0) is 15.5. The third-order valence-electron chi connectivity index (χ3n) is 2.64. The predicted octanol–water partition coefficient (Wildman–Crippen LogP) is 3.37. The molecule has 1 aliphatic rings. The SMILES string of the molecule is O=C(COCC(F)(F)F)c1cc2c(cc1Br)OCCCO2. The van der Waals surface area contributed by atoms with Gasteiger partial charge in [0.2, 0.25) is 0 Å². The molecule has 0 N–H and O–H groups in total. The van der Waals surface area contributed by atoms with Crippen molar-refractivity contribution in [2.24, 2.45) is 0 Å². The number of halogens is 4. The average Bonchev–Trinajstić information content (AvgIpc) is 2.60. The number of alkyl halides is 3. The van der Waals surface area contributed by atoms with Crippen LogP contribution in [0.4, 0.5) is 13.2 Å². The largest absolute Gasteiger partial charge is 0.490 e. The number of ether oxygens (including phenoxy) is 3. The number of fused-ring (bicyclic) bond motifs is 1. The van der Waals surface area contributed by atoms with Gasteiger partial charge >= 0.3 is 6.18 Å². The minimum Gasteiger partial charge on any atom is -0.490 e. The number of benzene rings is 1. The molecule has 1 heterocycles. The lowest BCUT2D eigenvalue weighted by Gasteiger charge is -2.12. The number of rotatable bonds is 4. The molecular weight excluding hydrogens is 357 g/mol. The van der Waals surface area contributed by atoms with Crippen LogP contribution in [0.1, 0.15) is 16.8 Å². The van der Waals surface area contributed by atoms with Crippen LogP contribution in [0.3, 0.4) is 0 Å². The van der Waals surface area contributed by atoms with Crippen LogP contribution in [0.5, 0.6) is 11.5 Å². The van der Waals surface area contributed by atoms with Gasteiger partial charge in [0.25, 0.3) is 0 Å². The first-order valence-corrected chi connectivity index (χ1v) is 6.93. The molecule has 8 heteroatoms. The molecule has 1 aliphatic heterocycles. The minimum absolute atomic E-state index is 0.196. The molecule has 0 bridgehead atoms. The topological polar surface area (TPSA) is 44.8 Å². The van der Waals surface area contributed by atoms with Crippen molar-refractivity contribution in [1.29, 1.82) is 0 Å². The smallest absolute Gasteiger partial charge is 0.411 e. The first-order valence-electron chi connectivity index (χ1n) is 6.13. The summed E-state index contributed by atoms with van der Waals surface area (Å²) in [6.45, 7) is -1.16. The maximum atomic E-state index is 12.0. The second-order valence-corrected chi connectivity index (χ2v) is 5.21. The highest BCUT2D eigenvalue weighted by molar-refractivity contribution is 9.10. The van der Waals surface area contributed by atoms with Crippen LogP contribution < -0.4 is 9.47 Å². The number of carbonyl (C=O) groups excluding carboxylic acids is 1. The van der Waals surface area contributed by atoms with E-state index in [0.29, 0.717) is 35.6 Å². The van der Waals surface area contributed by atoms with Crippen molar-refractivity contribution in [3.05, 3.63) is 22.2 Å². The predicted molar refractivity (Wildman–Crippen MR) is 71.0 cm³/mol. The number of Topliss-reactive ketones (excluding diaryl/α,β-unsaturated/α-hetero) is 1. The van der Waals surface area contributed by atoms with Crippen molar-refractivity contribution in [2.45, 2.75) is 12.6 Å². The summed E-state index contributed by atoms with van der Waals surface area (Å²) in [5.41, 5.74) is 0.196.